The van der Waals surface area contributed by atoms with Crippen molar-refractivity contribution in [2.45, 2.75) is 23.1 Å². The standard InChI is InChI=1S/C19H21N9O5S4/c1-3-4-27-19(23-25-26-27)37-6-9-5-35-16-12(15(30)28(16)13(9)17(31)32)22-14(29)11(24-33-8-34-2)10-7-36-18(20)21-10/h3,7,12,16H,1,4-6,8H2,2H3,(H2,20,21)(H,22,29)(H,31,32)/t12?,16-/m0/s1. The van der Waals surface area contributed by atoms with E-state index in [1.165, 1.54) is 44.9 Å². The maximum atomic E-state index is 13.0. The number of anilines is 1. The van der Waals surface area contributed by atoms with Gasteiger partial charge in [0.1, 0.15) is 22.8 Å². The molecule has 2 atom stereocenters. The molecule has 2 amide bonds. The van der Waals surface area contributed by atoms with E-state index in [9.17, 15) is 19.5 Å². The quantitative estimate of drug-likeness (QED) is 0.0595. The molecule has 2 aliphatic heterocycles. The number of carboxylic acids is 1. The van der Waals surface area contributed by atoms with Crippen LogP contribution in [0.3, 0.4) is 0 Å². The zero-order chi connectivity index (χ0) is 26.5. The van der Waals surface area contributed by atoms with Crippen molar-refractivity contribution < 1.29 is 24.3 Å². The van der Waals surface area contributed by atoms with Crippen molar-refractivity contribution in [1.29, 1.82) is 0 Å². The normalized spacial score (nSPS) is 19.3. The Labute approximate surface area is 227 Å². The molecule has 4 rings (SSSR count). The highest BCUT2D eigenvalue weighted by Crippen LogP contribution is 2.41. The van der Waals surface area contributed by atoms with Crippen molar-refractivity contribution in [3.63, 3.8) is 0 Å². The first kappa shape index (κ1) is 27.0. The summed E-state index contributed by atoms with van der Waals surface area (Å²) in [7, 11) is 0. The molecule has 0 radical (unpaired) electrons. The molecule has 4 N–H and O–H groups in total. The molecule has 0 spiro atoms. The smallest absolute Gasteiger partial charge is 0.352 e. The number of hydrogen-bond acceptors (Lipinski definition) is 14. The lowest BCUT2D eigenvalue weighted by Crippen LogP contribution is -2.71. The number of nitrogens with one attached hydrogen (secondary N) is 1. The number of oxime groups is 1. The van der Waals surface area contributed by atoms with Gasteiger partial charge in [0.25, 0.3) is 11.8 Å². The van der Waals surface area contributed by atoms with Crippen molar-refractivity contribution in [2.75, 3.05) is 29.4 Å². The highest BCUT2D eigenvalue weighted by Gasteiger charge is 2.54. The predicted octanol–water partition coefficient (Wildman–Crippen LogP) is 0.470. The average Bonchev–Trinajstić information content (AvgIpc) is 3.51. The molecular weight excluding hydrogens is 563 g/mol. The second kappa shape index (κ2) is 12.0. The first-order valence-corrected chi connectivity index (χ1v) is 14.8. The fourth-order valence-corrected chi connectivity index (χ4v) is 6.51. The summed E-state index contributed by atoms with van der Waals surface area (Å²) in [5.41, 5.74) is 6.23. The van der Waals surface area contributed by atoms with E-state index in [2.05, 4.69) is 37.6 Å². The van der Waals surface area contributed by atoms with E-state index in [-0.39, 0.29) is 33.9 Å². The van der Waals surface area contributed by atoms with Gasteiger partial charge < -0.3 is 21.0 Å². The predicted molar refractivity (Wildman–Crippen MR) is 141 cm³/mol. The lowest BCUT2D eigenvalue weighted by atomic mass is 10.0. The number of carbonyl (C=O) groups is 3. The molecule has 0 saturated carbocycles. The number of nitrogen functional groups attached to an aromatic ring is 1. The number of rotatable bonds is 12. The van der Waals surface area contributed by atoms with Gasteiger partial charge in [-0.05, 0) is 22.3 Å². The Balaban J connectivity index is 1.48. The summed E-state index contributed by atoms with van der Waals surface area (Å²) in [6.07, 6.45) is 3.45. The molecule has 0 aromatic carbocycles. The number of aromatic nitrogens is 5. The number of fused-ring (bicyclic) bond motifs is 1. The van der Waals surface area contributed by atoms with Crippen LogP contribution in [0, 0.1) is 0 Å². The number of nitrogens with two attached hydrogens (primary N) is 1. The van der Waals surface area contributed by atoms with Crippen molar-refractivity contribution in [3.05, 3.63) is 35.0 Å². The summed E-state index contributed by atoms with van der Waals surface area (Å²) >= 11 is 5.11. The Kier molecular flexibility index (Phi) is 8.72. The second-order valence-corrected chi connectivity index (χ2v) is 11.1. The largest absolute Gasteiger partial charge is 0.477 e. The van der Waals surface area contributed by atoms with Crippen molar-refractivity contribution in [1.82, 2.24) is 35.4 Å². The van der Waals surface area contributed by atoms with Crippen LogP contribution in [0.25, 0.3) is 0 Å². The number of β-lactam (4-membered cyclic amide) rings is 1. The van der Waals surface area contributed by atoms with Gasteiger partial charge in [-0.2, -0.15) is 0 Å². The maximum Gasteiger partial charge on any atom is 0.352 e. The number of thiazole rings is 1. The molecule has 2 aliphatic rings. The van der Waals surface area contributed by atoms with Gasteiger partial charge in [0.15, 0.2) is 16.8 Å². The highest BCUT2D eigenvalue weighted by atomic mass is 32.2. The zero-order valence-electron chi connectivity index (χ0n) is 19.3. The summed E-state index contributed by atoms with van der Waals surface area (Å²) in [6, 6.07) is -0.942. The Morgan fingerprint density at radius 1 is 1.49 bits per heavy atom. The molecule has 196 valence electrons. The summed E-state index contributed by atoms with van der Waals surface area (Å²) < 4.78 is 1.54. The molecule has 1 fully saturated rings. The molecular formula is C19H21N9O5S4. The molecule has 1 saturated heterocycles. The number of thioether (sulfide) groups is 3. The van der Waals surface area contributed by atoms with Crippen molar-refractivity contribution >= 4 is 75.2 Å². The number of tetrazole rings is 1. The van der Waals surface area contributed by atoms with Gasteiger partial charge >= 0.3 is 5.97 Å². The number of carbonyl (C=O) groups excluding carboxylic acids is 2. The monoisotopic (exact) mass is 583 g/mol. The first-order valence-electron chi connectivity index (χ1n) is 10.5. The number of nitrogens with zero attached hydrogens (tertiary/aromatic N) is 7. The van der Waals surface area contributed by atoms with E-state index < -0.39 is 29.2 Å². The molecule has 14 nitrogen and oxygen atoms in total. The van der Waals surface area contributed by atoms with Crippen LogP contribution in [0.4, 0.5) is 5.13 Å². The summed E-state index contributed by atoms with van der Waals surface area (Å²) in [5.74, 6) is -1.62. The molecule has 0 bridgehead atoms. The summed E-state index contributed by atoms with van der Waals surface area (Å²) in [5, 5.41) is 29.6. The third-order valence-electron chi connectivity index (χ3n) is 5.02. The minimum absolute atomic E-state index is 0.0982. The number of aliphatic carboxylic acids is 1. The second-order valence-electron chi connectivity index (χ2n) is 7.39. The van der Waals surface area contributed by atoms with Crippen LogP contribution in [-0.4, -0.2) is 93.8 Å². The lowest BCUT2D eigenvalue weighted by Gasteiger charge is -2.49. The number of carboxylic acid groups (broad SMARTS) is 1. The van der Waals surface area contributed by atoms with Gasteiger partial charge in [-0.1, -0.05) is 23.0 Å². The SMILES string of the molecule is C=CCn1nnnc1SCC1=C(C(=O)O)N2C(=O)C(NC(=O)C(=NOCSC)c3csc(N)n3)[C@@H]2SC1. The Morgan fingerprint density at radius 3 is 2.97 bits per heavy atom. The Bertz CT molecular complexity index is 1280. The van der Waals surface area contributed by atoms with Gasteiger partial charge in [-0.3, -0.25) is 14.5 Å². The van der Waals surface area contributed by atoms with E-state index in [1.807, 2.05) is 6.26 Å². The fourth-order valence-electron chi connectivity index (χ4n) is 3.44. The molecule has 1 unspecified atom stereocenters. The van der Waals surface area contributed by atoms with E-state index in [0.29, 0.717) is 23.0 Å². The van der Waals surface area contributed by atoms with Gasteiger partial charge in [-0.15, -0.1) is 46.5 Å². The highest BCUT2D eigenvalue weighted by molar-refractivity contribution is 8.01. The van der Waals surface area contributed by atoms with Crippen LogP contribution in [0.1, 0.15) is 5.69 Å². The van der Waals surface area contributed by atoms with Crippen LogP contribution in [0.5, 0.6) is 0 Å². The molecule has 2 aromatic rings. The zero-order valence-corrected chi connectivity index (χ0v) is 22.5. The van der Waals surface area contributed by atoms with E-state index >= 15 is 0 Å². The number of hydrogen-bond donors (Lipinski definition) is 3. The van der Waals surface area contributed by atoms with Gasteiger partial charge in [0.05, 0.1) is 6.54 Å². The van der Waals surface area contributed by atoms with Crippen molar-refractivity contribution in [3.8, 4) is 0 Å². The molecule has 18 heteroatoms. The van der Waals surface area contributed by atoms with Crippen LogP contribution < -0.4 is 11.1 Å². The molecule has 2 aromatic heterocycles. The van der Waals surface area contributed by atoms with Crippen LogP contribution in [0.2, 0.25) is 0 Å². The summed E-state index contributed by atoms with van der Waals surface area (Å²) in [4.78, 5) is 48.6. The van der Waals surface area contributed by atoms with Crippen molar-refractivity contribution in [2.24, 2.45) is 5.16 Å². The third kappa shape index (κ3) is 5.76. The molecule has 37 heavy (non-hydrogen) atoms. The van der Waals surface area contributed by atoms with E-state index in [0.717, 1.165) is 11.3 Å². The number of allylic oxidation sites excluding steroid dienone is 1. The first-order chi connectivity index (χ1) is 17.8. The van der Waals surface area contributed by atoms with E-state index in [4.69, 9.17) is 10.6 Å². The fraction of sp³-hybridized carbons (Fsp3) is 0.368. The van der Waals surface area contributed by atoms with Gasteiger partial charge in [0, 0.05) is 16.9 Å². The minimum Gasteiger partial charge on any atom is -0.477 e. The third-order valence-corrected chi connectivity index (χ3v) is 8.42. The Morgan fingerprint density at radius 2 is 2.30 bits per heavy atom. The topological polar surface area (TPSA) is 191 Å². The maximum absolute atomic E-state index is 13.0. The Hall–Kier alpha value is -3.09. The van der Waals surface area contributed by atoms with Gasteiger partial charge in [0.2, 0.25) is 5.16 Å². The average molecular weight is 584 g/mol. The van der Waals surface area contributed by atoms with Crippen LogP contribution in [0.15, 0.2) is 39.6 Å². The van der Waals surface area contributed by atoms with Gasteiger partial charge in [-0.25, -0.2) is 14.5 Å². The number of amides is 2. The van der Waals surface area contributed by atoms with E-state index in [1.54, 1.807) is 11.5 Å². The minimum atomic E-state index is -1.23. The molecule has 4 heterocycles. The lowest BCUT2D eigenvalue weighted by molar-refractivity contribution is -0.150. The van der Waals surface area contributed by atoms with Crippen LogP contribution in [-0.2, 0) is 25.8 Å². The summed E-state index contributed by atoms with van der Waals surface area (Å²) in [6.45, 7) is 4.06. The van der Waals surface area contributed by atoms with Crippen LogP contribution >= 0.6 is 46.6 Å². The molecule has 0 aliphatic carbocycles.